The van der Waals surface area contributed by atoms with E-state index in [9.17, 15) is 4.79 Å². The van der Waals surface area contributed by atoms with Gasteiger partial charge in [0.25, 0.3) is 0 Å². The molecule has 0 aliphatic carbocycles. The van der Waals surface area contributed by atoms with Crippen LogP contribution in [0.3, 0.4) is 0 Å². The minimum Gasteiger partial charge on any atom is -0.282 e. The van der Waals surface area contributed by atoms with Crippen molar-refractivity contribution in [3.63, 3.8) is 0 Å². The summed E-state index contributed by atoms with van der Waals surface area (Å²) < 4.78 is 0. The maximum atomic E-state index is 11.9. The number of aromatic nitrogens is 1. The van der Waals surface area contributed by atoms with E-state index in [1.54, 1.807) is 6.20 Å². The molecule has 0 aromatic carbocycles. The lowest BCUT2D eigenvalue weighted by Crippen LogP contribution is -2.12. The quantitative estimate of drug-likeness (QED) is 0.745. The summed E-state index contributed by atoms with van der Waals surface area (Å²) in [6.07, 6.45) is 5.65. The monoisotopic (exact) mass is 233 g/mol. The highest BCUT2D eigenvalue weighted by atomic mass is 32.2. The average molecular weight is 233 g/mol. The third kappa shape index (κ3) is 2.19. The second kappa shape index (κ2) is 4.06. The van der Waals surface area contributed by atoms with Gasteiger partial charge in [0.15, 0.2) is 0 Å². The van der Waals surface area contributed by atoms with Crippen LogP contribution in [0.5, 0.6) is 0 Å². The van der Waals surface area contributed by atoms with Crippen molar-refractivity contribution in [1.82, 2.24) is 4.98 Å². The molecule has 0 radical (unpaired) electrons. The third-order valence-electron chi connectivity index (χ3n) is 2.59. The molecule has 16 heavy (non-hydrogen) atoms. The average Bonchev–Trinajstić information content (AvgIpc) is 2.61. The molecule has 2 heterocycles. The smallest absolute Gasteiger partial charge is 0.216 e. The molecule has 0 saturated carbocycles. The molecule has 0 bridgehead atoms. The Hall–Kier alpha value is -1.09. The van der Waals surface area contributed by atoms with Gasteiger partial charge in [0, 0.05) is 18.0 Å². The first-order chi connectivity index (χ1) is 7.48. The fraction of sp³-hybridized carbons (Fsp3) is 0.385. The second-order valence-electron chi connectivity index (χ2n) is 4.94. The summed E-state index contributed by atoms with van der Waals surface area (Å²) in [4.78, 5) is 16.0. The third-order valence-corrected chi connectivity index (χ3v) is 3.69. The molecule has 1 atom stereocenters. The molecule has 0 spiro atoms. The topological polar surface area (TPSA) is 30.0 Å². The predicted octanol–water partition coefficient (Wildman–Crippen LogP) is 3.37. The van der Waals surface area contributed by atoms with E-state index in [4.69, 9.17) is 0 Å². The lowest BCUT2D eigenvalue weighted by molar-refractivity contribution is -0.108. The van der Waals surface area contributed by atoms with E-state index in [1.807, 2.05) is 18.3 Å². The normalized spacial score (nSPS) is 21.1. The molecule has 1 aromatic heterocycles. The van der Waals surface area contributed by atoms with E-state index < -0.39 is 0 Å². The molecule has 1 aliphatic rings. The van der Waals surface area contributed by atoms with Gasteiger partial charge in [0.2, 0.25) is 5.12 Å². The zero-order valence-electron chi connectivity index (χ0n) is 9.73. The first kappa shape index (κ1) is 11.4. The highest BCUT2D eigenvalue weighted by Gasteiger charge is 2.32. The summed E-state index contributed by atoms with van der Waals surface area (Å²) in [5.74, 6) is 0. The number of rotatable bonds is 1. The van der Waals surface area contributed by atoms with Crippen molar-refractivity contribution in [3.8, 4) is 0 Å². The Morgan fingerprint density at radius 2 is 2.12 bits per heavy atom. The van der Waals surface area contributed by atoms with Crippen molar-refractivity contribution in [1.29, 1.82) is 0 Å². The van der Waals surface area contributed by atoms with Crippen molar-refractivity contribution in [2.24, 2.45) is 5.41 Å². The Balaban J connectivity index is 2.30. The van der Waals surface area contributed by atoms with Crippen LogP contribution in [0.4, 0.5) is 0 Å². The number of hydrogen-bond donors (Lipinski definition) is 0. The van der Waals surface area contributed by atoms with Crippen LogP contribution in [0, 0.1) is 5.41 Å². The molecule has 2 rings (SSSR count). The Labute approximate surface area is 100 Å². The highest BCUT2D eigenvalue weighted by molar-refractivity contribution is 8.14. The fourth-order valence-electron chi connectivity index (χ4n) is 1.70. The van der Waals surface area contributed by atoms with E-state index >= 15 is 0 Å². The molecule has 1 aliphatic heterocycles. The van der Waals surface area contributed by atoms with Crippen molar-refractivity contribution >= 4 is 16.9 Å². The van der Waals surface area contributed by atoms with Gasteiger partial charge in [-0.1, -0.05) is 44.7 Å². The Morgan fingerprint density at radius 3 is 2.62 bits per heavy atom. The number of carbonyl (C=O) groups is 1. The Bertz CT molecular complexity index is 431. The van der Waals surface area contributed by atoms with Crippen LogP contribution in [-0.4, -0.2) is 10.1 Å². The van der Waals surface area contributed by atoms with Crippen molar-refractivity contribution < 1.29 is 4.79 Å². The maximum Gasteiger partial charge on any atom is 0.216 e. The Morgan fingerprint density at radius 1 is 1.38 bits per heavy atom. The number of nitrogens with zero attached hydrogens (tertiary/aromatic N) is 1. The van der Waals surface area contributed by atoms with Crippen LogP contribution in [0.2, 0.25) is 0 Å². The van der Waals surface area contributed by atoms with Crippen molar-refractivity contribution in [3.05, 3.63) is 41.7 Å². The van der Waals surface area contributed by atoms with Gasteiger partial charge < -0.3 is 0 Å². The van der Waals surface area contributed by atoms with E-state index in [0.717, 1.165) is 11.1 Å². The van der Waals surface area contributed by atoms with E-state index in [-0.39, 0.29) is 15.8 Å². The van der Waals surface area contributed by atoms with Gasteiger partial charge in [0.1, 0.15) is 0 Å². The molecule has 2 nitrogen and oxygen atoms in total. The van der Waals surface area contributed by atoms with E-state index in [1.165, 1.54) is 11.8 Å². The van der Waals surface area contributed by atoms with Crippen LogP contribution in [0.1, 0.15) is 31.6 Å². The molecule has 84 valence electrons. The van der Waals surface area contributed by atoms with Crippen LogP contribution in [-0.2, 0) is 4.79 Å². The summed E-state index contributed by atoms with van der Waals surface area (Å²) in [5.41, 5.74) is 1.95. The summed E-state index contributed by atoms with van der Waals surface area (Å²) in [5, 5.41) is 0.330. The summed E-state index contributed by atoms with van der Waals surface area (Å²) in [6, 6.07) is 3.92. The van der Waals surface area contributed by atoms with Gasteiger partial charge in [-0.3, -0.25) is 9.78 Å². The van der Waals surface area contributed by atoms with Gasteiger partial charge in [-0.05, 0) is 17.0 Å². The largest absolute Gasteiger partial charge is 0.282 e. The van der Waals surface area contributed by atoms with Gasteiger partial charge in [-0.15, -0.1) is 0 Å². The van der Waals surface area contributed by atoms with E-state index in [0.29, 0.717) is 0 Å². The molecule has 1 aromatic rings. The highest BCUT2D eigenvalue weighted by Crippen LogP contribution is 2.44. The van der Waals surface area contributed by atoms with Crippen LogP contribution in [0.25, 0.3) is 0 Å². The molecule has 1 unspecified atom stereocenters. The molecular formula is C13H15NOS. The molecule has 0 saturated heterocycles. The van der Waals surface area contributed by atoms with Crippen LogP contribution >= 0.6 is 11.8 Å². The number of carbonyl (C=O) groups excluding carboxylic acids is 1. The predicted molar refractivity (Wildman–Crippen MR) is 67.1 cm³/mol. The van der Waals surface area contributed by atoms with Gasteiger partial charge in [0.05, 0.1) is 5.25 Å². The molecule has 0 N–H and O–H groups in total. The summed E-state index contributed by atoms with van der Waals surface area (Å²) >= 11 is 1.38. The lowest BCUT2D eigenvalue weighted by atomic mass is 9.86. The number of hydrogen-bond acceptors (Lipinski definition) is 3. The molecule has 3 heteroatoms. The minimum atomic E-state index is -0.0684. The molecule has 0 amide bonds. The van der Waals surface area contributed by atoms with Gasteiger partial charge in [-0.25, -0.2) is 0 Å². The number of pyridine rings is 1. The standard InChI is InChI=1S/C13H15NOS/c1-13(2,3)10-7-11(16-12(10)15)9-5-4-6-14-8-9/h4-8,11H,1-3H3. The minimum absolute atomic E-state index is 0.0684. The number of thioether (sulfide) groups is 1. The van der Waals surface area contributed by atoms with Gasteiger partial charge >= 0.3 is 0 Å². The van der Waals surface area contributed by atoms with Crippen molar-refractivity contribution in [2.75, 3.05) is 0 Å². The molecular weight excluding hydrogens is 218 g/mol. The van der Waals surface area contributed by atoms with E-state index in [2.05, 4.69) is 31.8 Å². The summed E-state index contributed by atoms with van der Waals surface area (Å²) in [7, 11) is 0. The lowest BCUT2D eigenvalue weighted by Gasteiger charge is -2.17. The zero-order chi connectivity index (χ0) is 11.8. The van der Waals surface area contributed by atoms with Gasteiger partial charge in [-0.2, -0.15) is 0 Å². The zero-order valence-corrected chi connectivity index (χ0v) is 10.5. The van der Waals surface area contributed by atoms with Crippen molar-refractivity contribution in [2.45, 2.75) is 26.0 Å². The van der Waals surface area contributed by atoms with Crippen LogP contribution in [0.15, 0.2) is 36.2 Å². The second-order valence-corrected chi connectivity index (χ2v) is 6.06. The maximum absolute atomic E-state index is 11.9. The Kier molecular flexibility index (Phi) is 2.89. The summed E-state index contributed by atoms with van der Waals surface area (Å²) in [6.45, 7) is 6.22. The fourth-order valence-corrected chi connectivity index (χ4v) is 2.91. The first-order valence-electron chi connectivity index (χ1n) is 5.32. The van der Waals surface area contributed by atoms with Crippen LogP contribution < -0.4 is 0 Å². The SMILES string of the molecule is CC(C)(C)C1=CC(c2cccnc2)SC1=O. The molecule has 0 fully saturated rings. The first-order valence-corrected chi connectivity index (χ1v) is 6.19.